The van der Waals surface area contributed by atoms with Crippen molar-refractivity contribution >= 4 is 17.9 Å². The van der Waals surface area contributed by atoms with Crippen molar-refractivity contribution in [1.82, 2.24) is 9.88 Å². The number of rotatable bonds is 6. The first kappa shape index (κ1) is 20.3. The van der Waals surface area contributed by atoms with Crippen molar-refractivity contribution in [3.05, 3.63) is 65.0 Å². The van der Waals surface area contributed by atoms with E-state index < -0.39 is 17.9 Å². The molecule has 1 saturated heterocycles. The van der Waals surface area contributed by atoms with Crippen molar-refractivity contribution in [2.24, 2.45) is 17.4 Å². The fourth-order valence-electron chi connectivity index (χ4n) is 3.87. The lowest BCUT2D eigenvalue weighted by Crippen LogP contribution is -2.40. The molecule has 0 radical (unpaired) electrons. The molecule has 0 bridgehead atoms. The largest absolute Gasteiger partial charge is 0.465 e. The van der Waals surface area contributed by atoms with Gasteiger partial charge >= 0.3 is 6.09 Å². The number of likely N-dealkylation sites (tertiary alicyclic amines) is 1. The SMILES string of the molecule is NC(=O)c1cccc(CCC2CCN(C(=O)O)C(c3cncc(C(N)=O)c3)C2)c1. The van der Waals surface area contributed by atoms with Gasteiger partial charge in [0.15, 0.2) is 0 Å². The molecule has 3 amide bonds. The fourth-order valence-corrected chi connectivity index (χ4v) is 3.87. The average molecular weight is 396 g/mol. The maximum Gasteiger partial charge on any atom is 0.407 e. The minimum Gasteiger partial charge on any atom is -0.465 e. The molecular formula is C21H24N4O4. The predicted octanol–water partition coefficient (Wildman–Crippen LogP) is 2.34. The van der Waals surface area contributed by atoms with Gasteiger partial charge in [-0.25, -0.2) is 4.79 Å². The number of nitrogens with two attached hydrogens (primary N) is 2. The molecule has 8 nitrogen and oxygen atoms in total. The van der Waals surface area contributed by atoms with Gasteiger partial charge in [0.2, 0.25) is 11.8 Å². The Kier molecular flexibility index (Phi) is 6.11. The summed E-state index contributed by atoms with van der Waals surface area (Å²) in [6.45, 7) is 0.410. The summed E-state index contributed by atoms with van der Waals surface area (Å²) in [7, 11) is 0. The van der Waals surface area contributed by atoms with Gasteiger partial charge in [-0.3, -0.25) is 14.6 Å². The minimum absolute atomic E-state index is 0.262. The molecule has 5 N–H and O–H groups in total. The van der Waals surface area contributed by atoms with E-state index in [0.29, 0.717) is 30.0 Å². The Morgan fingerprint density at radius 1 is 1.10 bits per heavy atom. The van der Waals surface area contributed by atoms with E-state index in [1.807, 2.05) is 12.1 Å². The molecular weight excluding hydrogens is 372 g/mol. The number of carbonyl (C=O) groups is 3. The number of primary amides is 2. The van der Waals surface area contributed by atoms with Gasteiger partial charge in [0.1, 0.15) is 0 Å². The van der Waals surface area contributed by atoms with E-state index in [9.17, 15) is 19.5 Å². The van der Waals surface area contributed by atoms with Crippen molar-refractivity contribution in [1.29, 1.82) is 0 Å². The van der Waals surface area contributed by atoms with Crippen LogP contribution in [0.1, 0.15) is 57.1 Å². The highest BCUT2D eigenvalue weighted by molar-refractivity contribution is 5.93. The van der Waals surface area contributed by atoms with Crippen molar-refractivity contribution in [2.45, 2.75) is 31.7 Å². The average Bonchev–Trinajstić information content (AvgIpc) is 2.72. The molecule has 1 aliphatic heterocycles. The fraction of sp³-hybridized carbons (Fsp3) is 0.333. The summed E-state index contributed by atoms with van der Waals surface area (Å²) in [5.74, 6) is -0.753. The first-order chi connectivity index (χ1) is 13.8. The number of piperidine rings is 1. The summed E-state index contributed by atoms with van der Waals surface area (Å²) in [5, 5.41) is 9.60. The summed E-state index contributed by atoms with van der Waals surface area (Å²) in [6, 6.07) is 8.49. The second-order valence-corrected chi connectivity index (χ2v) is 7.36. The monoisotopic (exact) mass is 396 g/mol. The van der Waals surface area contributed by atoms with Crippen LogP contribution in [0.15, 0.2) is 42.7 Å². The number of hydrogen-bond acceptors (Lipinski definition) is 4. The molecule has 0 saturated carbocycles. The Balaban J connectivity index is 1.74. The van der Waals surface area contributed by atoms with Gasteiger partial charge in [-0.1, -0.05) is 12.1 Å². The normalized spacial score (nSPS) is 19.0. The van der Waals surface area contributed by atoms with Crippen LogP contribution in [0.25, 0.3) is 0 Å². The molecule has 2 heterocycles. The summed E-state index contributed by atoms with van der Waals surface area (Å²) in [4.78, 5) is 40.0. The van der Waals surface area contributed by atoms with E-state index >= 15 is 0 Å². The standard InChI is InChI=1S/C21H24N4O4/c22-19(26)15-3-1-2-13(8-15)4-5-14-6-7-25(21(28)29)18(9-14)16-10-17(20(23)27)12-24-11-16/h1-3,8,10-12,14,18H,4-7,9H2,(H2,22,26)(H2,23,27)(H,28,29). The summed E-state index contributed by atoms with van der Waals surface area (Å²) in [6.07, 6.45) is 4.98. The number of aryl methyl sites for hydroxylation is 1. The summed E-state index contributed by atoms with van der Waals surface area (Å²) >= 11 is 0. The molecule has 29 heavy (non-hydrogen) atoms. The van der Waals surface area contributed by atoms with Gasteiger partial charge in [0, 0.05) is 24.5 Å². The van der Waals surface area contributed by atoms with E-state index in [4.69, 9.17) is 11.5 Å². The lowest BCUT2D eigenvalue weighted by molar-refractivity contribution is 0.0875. The van der Waals surface area contributed by atoms with Crippen molar-refractivity contribution < 1.29 is 19.5 Å². The van der Waals surface area contributed by atoms with Crippen LogP contribution >= 0.6 is 0 Å². The molecule has 8 heteroatoms. The first-order valence-electron chi connectivity index (χ1n) is 9.48. The van der Waals surface area contributed by atoms with Crippen LogP contribution in [-0.2, 0) is 6.42 Å². The van der Waals surface area contributed by atoms with Crippen molar-refractivity contribution in [2.75, 3.05) is 6.54 Å². The van der Waals surface area contributed by atoms with Crippen LogP contribution in [0.4, 0.5) is 4.79 Å². The number of amides is 3. The lowest BCUT2D eigenvalue weighted by Gasteiger charge is -2.38. The Labute approximate surface area is 168 Å². The quantitative estimate of drug-likeness (QED) is 0.687. The van der Waals surface area contributed by atoms with Gasteiger partial charge in [0.25, 0.3) is 0 Å². The van der Waals surface area contributed by atoms with Crippen molar-refractivity contribution in [3.63, 3.8) is 0 Å². The highest BCUT2D eigenvalue weighted by Crippen LogP contribution is 2.36. The topological polar surface area (TPSA) is 140 Å². The predicted molar refractivity (Wildman–Crippen MR) is 106 cm³/mol. The molecule has 2 unspecified atom stereocenters. The lowest BCUT2D eigenvalue weighted by atomic mass is 9.84. The van der Waals surface area contributed by atoms with E-state index in [-0.39, 0.29) is 11.6 Å². The second-order valence-electron chi connectivity index (χ2n) is 7.36. The Morgan fingerprint density at radius 2 is 1.86 bits per heavy atom. The number of carbonyl (C=O) groups excluding carboxylic acids is 2. The van der Waals surface area contributed by atoms with Crippen molar-refractivity contribution in [3.8, 4) is 0 Å². The molecule has 2 aromatic rings. The number of nitrogens with zero attached hydrogens (tertiary/aromatic N) is 2. The number of aromatic nitrogens is 1. The zero-order valence-electron chi connectivity index (χ0n) is 16.0. The summed E-state index contributed by atoms with van der Waals surface area (Å²) < 4.78 is 0. The molecule has 1 aromatic carbocycles. The highest BCUT2D eigenvalue weighted by atomic mass is 16.4. The molecule has 0 spiro atoms. The van der Waals surface area contributed by atoms with Gasteiger partial charge in [-0.05, 0) is 60.9 Å². The number of benzene rings is 1. The van der Waals surface area contributed by atoms with E-state index in [0.717, 1.165) is 24.8 Å². The molecule has 1 aliphatic rings. The molecule has 0 aliphatic carbocycles. The van der Waals surface area contributed by atoms with Gasteiger partial charge in [0.05, 0.1) is 11.6 Å². The van der Waals surface area contributed by atoms with Gasteiger partial charge in [-0.2, -0.15) is 0 Å². The zero-order valence-corrected chi connectivity index (χ0v) is 16.0. The Hall–Kier alpha value is -3.42. The maximum atomic E-state index is 11.7. The van der Waals surface area contributed by atoms with Gasteiger partial charge in [-0.15, -0.1) is 0 Å². The smallest absolute Gasteiger partial charge is 0.407 e. The van der Waals surface area contributed by atoms with E-state index in [1.54, 1.807) is 24.4 Å². The third-order valence-electron chi connectivity index (χ3n) is 5.44. The maximum absolute atomic E-state index is 11.7. The summed E-state index contributed by atoms with van der Waals surface area (Å²) in [5.41, 5.74) is 13.1. The first-order valence-corrected chi connectivity index (χ1v) is 9.48. The van der Waals surface area contributed by atoms with Crippen LogP contribution in [0.3, 0.4) is 0 Å². The number of hydrogen-bond donors (Lipinski definition) is 3. The number of pyridine rings is 1. The number of carboxylic acid groups (broad SMARTS) is 1. The van der Waals surface area contributed by atoms with Gasteiger partial charge < -0.3 is 21.5 Å². The Morgan fingerprint density at radius 3 is 2.55 bits per heavy atom. The molecule has 2 atom stereocenters. The molecule has 152 valence electrons. The second kappa shape index (κ2) is 8.72. The van der Waals surface area contributed by atoms with E-state index in [2.05, 4.69) is 4.98 Å². The highest BCUT2D eigenvalue weighted by Gasteiger charge is 2.33. The Bertz CT molecular complexity index is 930. The molecule has 1 fully saturated rings. The molecule has 1 aromatic heterocycles. The zero-order chi connectivity index (χ0) is 21.0. The van der Waals surface area contributed by atoms with Crippen LogP contribution < -0.4 is 11.5 Å². The van der Waals surface area contributed by atoms with Crippen LogP contribution in [0, 0.1) is 5.92 Å². The van der Waals surface area contributed by atoms with E-state index in [1.165, 1.54) is 11.1 Å². The third kappa shape index (κ3) is 4.90. The van der Waals surface area contributed by atoms with Crippen LogP contribution in [-0.4, -0.2) is 39.4 Å². The van der Waals surface area contributed by atoms with Crippen LogP contribution in [0.5, 0.6) is 0 Å². The minimum atomic E-state index is -0.993. The molecule has 3 rings (SSSR count). The third-order valence-corrected chi connectivity index (χ3v) is 5.44. The van der Waals surface area contributed by atoms with Crippen LogP contribution in [0.2, 0.25) is 0 Å².